The molecule has 2 aromatic rings. The Hall–Kier alpha value is -0.990. The Labute approximate surface area is 128 Å². The van der Waals surface area contributed by atoms with Crippen LogP contribution in [0.3, 0.4) is 0 Å². The second-order valence-electron chi connectivity index (χ2n) is 4.41. The van der Waals surface area contributed by atoms with Gasteiger partial charge >= 0.3 is 5.97 Å². The number of fused-ring (bicyclic) bond motifs is 1. The zero-order chi connectivity index (χ0) is 14.1. The number of aliphatic carboxylic acids is 1. The Morgan fingerprint density at radius 2 is 2.40 bits per heavy atom. The van der Waals surface area contributed by atoms with Crippen molar-refractivity contribution in [2.24, 2.45) is 7.05 Å². The fourth-order valence-electron chi connectivity index (χ4n) is 2.04. The van der Waals surface area contributed by atoms with E-state index in [1.807, 2.05) is 23.4 Å². The van der Waals surface area contributed by atoms with Gasteiger partial charge in [0.05, 0.1) is 10.6 Å². The summed E-state index contributed by atoms with van der Waals surface area (Å²) in [5.41, 5.74) is 1.41. The lowest BCUT2D eigenvalue weighted by atomic mass is 10.2. The summed E-state index contributed by atoms with van der Waals surface area (Å²) in [7, 11) is 1.88. The van der Waals surface area contributed by atoms with Crippen LogP contribution in [-0.4, -0.2) is 37.3 Å². The Morgan fingerprint density at radius 1 is 1.55 bits per heavy atom. The highest BCUT2D eigenvalue weighted by Crippen LogP contribution is 2.36. The number of rotatable bonds is 4. The Morgan fingerprint density at radius 3 is 3.15 bits per heavy atom. The van der Waals surface area contributed by atoms with Crippen molar-refractivity contribution < 1.29 is 9.90 Å². The average Bonchev–Trinajstić information content (AvgIpc) is 2.99. The maximum Gasteiger partial charge on any atom is 0.313 e. The van der Waals surface area contributed by atoms with Gasteiger partial charge in [-0.15, -0.1) is 21.5 Å². The number of thiophene rings is 1. The van der Waals surface area contributed by atoms with E-state index in [0.29, 0.717) is 5.16 Å². The van der Waals surface area contributed by atoms with Crippen LogP contribution < -0.4 is 0 Å². The van der Waals surface area contributed by atoms with Crippen molar-refractivity contribution in [1.82, 2.24) is 14.8 Å². The molecule has 0 bridgehead atoms. The number of carboxylic acid groups (broad SMARTS) is 1. The zero-order valence-corrected chi connectivity index (χ0v) is 13.3. The quantitative estimate of drug-likeness (QED) is 0.870. The minimum atomic E-state index is -0.844. The molecule has 3 rings (SSSR count). The number of thioether (sulfide) groups is 2. The summed E-state index contributed by atoms with van der Waals surface area (Å²) >= 11 is 4.94. The van der Waals surface area contributed by atoms with Crippen molar-refractivity contribution >= 4 is 40.8 Å². The molecule has 1 aliphatic rings. The molecular weight excluding hydrogens is 314 g/mol. The van der Waals surface area contributed by atoms with Crippen LogP contribution in [-0.2, 0) is 24.0 Å². The molecule has 20 heavy (non-hydrogen) atoms. The summed E-state index contributed by atoms with van der Waals surface area (Å²) in [5.74, 6) is 2.24. The molecule has 0 saturated heterocycles. The lowest BCUT2D eigenvalue weighted by molar-refractivity contribution is -0.133. The van der Waals surface area contributed by atoms with Crippen molar-refractivity contribution in [1.29, 1.82) is 0 Å². The van der Waals surface area contributed by atoms with Crippen molar-refractivity contribution in [3.63, 3.8) is 0 Å². The summed E-state index contributed by atoms with van der Waals surface area (Å²) in [6.07, 6.45) is 1.13. The fraction of sp³-hybridized carbons (Fsp3) is 0.417. The van der Waals surface area contributed by atoms with Crippen LogP contribution in [0.4, 0.5) is 0 Å². The number of hydrogen-bond donors (Lipinski definition) is 1. The third-order valence-electron chi connectivity index (χ3n) is 3.01. The standard InChI is InChI=1S/C12H13N3O2S3/c1-15-11(13-14-12(15)19-6-10(16)17)9-4-7-5-18-3-2-8(7)20-9/h4H,2-3,5-6H2,1H3,(H,16,17). The Kier molecular flexibility index (Phi) is 4.04. The van der Waals surface area contributed by atoms with Crippen LogP contribution in [0.15, 0.2) is 11.2 Å². The maximum atomic E-state index is 10.6. The molecule has 0 saturated carbocycles. The molecule has 2 aromatic heterocycles. The summed E-state index contributed by atoms with van der Waals surface area (Å²) in [4.78, 5) is 13.2. The molecule has 1 aliphatic heterocycles. The molecule has 0 radical (unpaired) electrons. The van der Waals surface area contributed by atoms with E-state index < -0.39 is 5.97 Å². The molecular formula is C12H13N3O2S3. The number of hydrogen-bond acceptors (Lipinski definition) is 6. The van der Waals surface area contributed by atoms with Crippen molar-refractivity contribution in [2.45, 2.75) is 17.3 Å². The van der Waals surface area contributed by atoms with E-state index in [0.717, 1.165) is 22.9 Å². The van der Waals surface area contributed by atoms with Crippen LogP contribution in [0.25, 0.3) is 10.7 Å². The molecule has 3 heterocycles. The van der Waals surface area contributed by atoms with Crippen LogP contribution in [0.1, 0.15) is 10.4 Å². The molecule has 0 atom stereocenters. The van der Waals surface area contributed by atoms with Gasteiger partial charge in [0, 0.05) is 17.7 Å². The van der Waals surface area contributed by atoms with Crippen molar-refractivity contribution in [3.8, 4) is 10.7 Å². The van der Waals surface area contributed by atoms with Crippen LogP contribution in [0.2, 0.25) is 0 Å². The van der Waals surface area contributed by atoms with E-state index in [1.54, 1.807) is 11.3 Å². The predicted octanol–water partition coefficient (Wildman–Crippen LogP) is 2.51. The summed E-state index contributed by atoms with van der Waals surface area (Å²) in [6.45, 7) is 0. The van der Waals surface area contributed by atoms with Crippen molar-refractivity contribution in [2.75, 3.05) is 11.5 Å². The van der Waals surface area contributed by atoms with Gasteiger partial charge in [0.1, 0.15) is 0 Å². The Bertz CT molecular complexity index is 627. The summed E-state index contributed by atoms with van der Waals surface area (Å²) in [5, 5.41) is 17.7. The third-order valence-corrected chi connectivity index (χ3v) is 6.25. The van der Waals surface area contributed by atoms with E-state index in [-0.39, 0.29) is 5.75 Å². The highest BCUT2D eigenvalue weighted by atomic mass is 32.2. The van der Waals surface area contributed by atoms with E-state index in [9.17, 15) is 4.79 Å². The normalized spacial score (nSPS) is 14.2. The monoisotopic (exact) mass is 327 g/mol. The molecule has 0 spiro atoms. The molecule has 106 valence electrons. The minimum absolute atomic E-state index is 0.00353. The maximum absolute atomic E-state index is 10.6. The van der Waals surface area contributed by atoms with E-state index in [2.05, 4.69) is 16.3 Å². The number of carboxylic acids is 1. The molecule has 0 aromatic carbocycles. The van der Waals surface area contributed by atoms with Crippen LogP contribution in [0, 0.1) is 0 Å². The first-order valence-corrected chi connectivity index (χ1v) is 9.04. The van der Waals surface area contributed by atoms with Gasteiger partial charge in [0.15, 0.2) is 11.0 Å². The lowest BCUT2D eigenvalue weighted by Gasteiger charge is -2.08. The second kappa shape index (κ2) is 5.79. The molecule has 0 unspecified atom stereocenters. The van der Waals surface area contributed by atoms with Crippen LogP contribution in [0.5, 0.6) is 0 Å². The van der Waals surface area contributed by atoms with Gasteiger partial charge in [-0.3, -0.25) is 4.79 Å². The molecule has 0 amide bonds. The van der Waals surface area contributed by atoms with Crippen LogP contribution >= 0.6 is 34.9 Å². The van der Waals surface area contributed by atoms with Gasteiger partial charge in [-0.2, -0.15) is 11.8 Å². The number of aromatic nitrogens is 3. The average molecular weight is 327 g/mol. The number of aryl methyl sites for hydroxylation is 1. The molecule has 0 fully saturated rings. The first-order chi connectivity index (χ1) is 9.65. The van der Waals surface area contributed by atoms with Gasteiger partial charge in [-0.05, 0) is 23.8 Å². The SMILES string of the molecule is Cn1c(SCC(=O)O)nnc1-c1cc2c(s1)CCSC2. The van der Waals surface area contributed by atoms with Gasteiger partial charge in [0.2, 0.25) is 0 Å². The molecule has 5 nitrogen and oxygen atoms in total. The molecule has 0 aliphatic carbocycles. The van der Waals surface area contributed by atoms with E-state index in [4.69, 9.17) is 5.11 Å². The number of nitrogens with zero attached hydrogens (tertiary/aromatic N) is 3. The van der Waals surface area contributed by atoms with Gasteiger partial charge in [-0.1, -0.05) is 11.8 Å². The summed E-state index contributed by atoms with van der Waals surface area (Å²) in [6, 6.07) is 2.20. The van der Waals surface area contributed by atoms with E-state index in [1.165, 1.54) is 28.0 Å². The lowest BCUT2D eigenvalue weighted by Crippen LogP contribution is -2.00. The minimum Gasteiger partial charge on any atom is -0.481 e. The van der Waals surface area contributed by atoms with Gasteiger partial charge in [-0.25, -0.2) is 0 Å². The topological polar surface area (TPSA) is 68.0 Å². The third kappa shape index (κ3) is 2.72. The first-order valence-electron chi connectivity index (χ1n) is 6.09. The number of carbonyl (C=O) groups is 1. The molecule has 1 N–H and O–H groups in total. The smallest absolute Gasteiger partial charge is 0.313 e. The van der Waals surface area contributed by atoms with Crippen molar-refractivity contribution in [3.05, 3.63) is 16.5 Å². The highest BCUT2D eigenvalue weighted by molar-refractivity contribution is 7.99. The second-order valence-corrected chi connectivity index (χ2v) is 7.59. The highest BCUT2D eigenvalue weighted by Gasteiger charge is 2.18. The van der Waals surface area contributed by atoms with E-state index >= 15 is 0 Å². The van der Waals surface area contributed by atoms with Gasteiger partial charge < -0.3 is 9.67 Å². The predicted molar refractivity (Wildman–Crippen MR) is 82.5 cm³/mol. The fourth-order valence-corrected chi connectivity index (χ4v) is 5.06. The molecule has 8 heteroatoms. The van der Waals surface area contributed by atoms with Gasteiger partial charge in [0.25, 0.3) is 0 Å². The summed E-state index contributed by atoms with van der Waals surface area (Å²) < 4.78 is 1.87. The Balaban J connectivity index is 1.87. The first kappa shape index (κ1) is 14.0. The largest absolute Gasteiger partial charge is 0.481 e. The zero-order valence-electron chi connectivity index (χ0n) is 10.8.